The van der Waals surface area contributed by atoms with Crippen molar-refractivity contribution in [1.82, 2.24) is 24.1 Å². The highest BCUT2D eigenvalue weighted by Crippen LogP contribution is 2.25. The number of fused-ring (bicyclic) bond motifs is 1. The summed E-state index contributed by atoms with van der Waals surface area (Å²) in [5, 5.41) is 0. The second-order valence-electron chi connectivity index (χ2n) is 7.37. The summed E-state index contributed by atoms with van der Waals surface area (Å²) in [7, 11) is -2.39. The first kappa shape index (κ1) is 21.4. The van der Waals surface area contributed by atoms with Gasteiger partial charge in [-0.1, -0.05) is 0 Å². The van der Waals surface area contributed by atoms with Gasteiger partial charge in [-0.2, -0.15) is 4.98 Å². The summed E-state index contributed by atoms with van der Waals surface area (Å²) in [6.45, 7) is 1.75. The van der Waals surface area contributed by atoms with Crippen molar-refractivity contribution in [3.8, 4) is 17.4 Å². The van der Waals surface area contributed by atoms with Crippen LogP contribution in [0.15, 0.2) is 81.4 Å². The molecule has 3 heterocycles. The van der Waals surface area contributed by atoms with E-state index in [1.165, 1.54) is 29.8 Å². The van der Waals surface area contributed by atoms with Gasteiger partial charge in [-0.05, 0) is 49.4 Å². The molecule has 0 aliphatic heterocycles. The third-order valence-electron chi connectivity index (χ3n) is 4.97. The zero-order valence-corrected chi connectivity index (χ0v) is 18.9. The Morgan fingerprint density at radius 1 is 1.06 bits per heavy atom. The smallest absolute Gasteiger partial charge is 0.419 e. The molecule has 0 aliphatic carbocycles. The highest BCUT2D eigenvalue weighted by Gasteiger charge is 2.17. The minimum absolute atomic E-state index is 0.000202. The van der Waals surface area contributed by atoms with E-state index < -0.39 is 15.8 Å². The Morgan fingerprint density at radius 2 is 1.85 bits per heavy atom. The lowest BCUT2D eigenvalue weighted by Crippen LogP contribution is -2.13. The largest absolute Gasteiger partial charge is 0.439 e. The summed E-state index contributed by atoms with van der Waals surface area (Å²) in [6, 6.07) is 12.3. The van der Waals surface area contributed by atoms with Crippen molar-refractivity contribution >= 4 is 26.8 Å². The number of hydrogen-bond donors (Lipinski definition) is 1. The van der Waals surface area contributed by atoms with Crippen LogP contribution in [-0.2, 0) is 17.1 Å². The van der Waals surface area contributed by atoms with Crippen LogP contribution in [0.2, 0.25) is 0 Å². The van der Waals surface area contributed by atoms with Gasteiger partial charge in [-0.15, -0.1) is 0 Å². The van der Waals surface area contributed by atoms with Gasteiger partial charge in [0, 0.05) is 31.2 Å². The Balaban J connectivity index is 1.35. The lowest BCUT2D eigenvalue weighted by atomic mass is 10.3. The minimum atomic E-state index is -3.90. The molecule has 11 nitrogen and oxygen atoms in total. The molecule has 0 saturated heterocycles. The summed E-state index contributed by atoms with van der Waals surface area (Å²) in [5.74, 6) is 1.37. The van der Waals surface area contributed by atoms with E-state index in [9.17, 15) is 13.2 Å². The zero-order valence-electron chi connectivity index (χ0n) is 18.0. The van der Waals surface area contributed by atoms with Gasteiger partial charge >= 0.3 is 5.76 Å². The number of ether oxygens (including phenoxy) is 1. The van der Waals surface area contributed by atoms with Crippen molar-refractivity contribution in [3.63, 3.8) is 0 Å². The predicted octanol–water partition coefficient (Wildman–Crippen LogP) is 3.01. The van der Waals surface area contributed by atoms with E-state index in [0.717, 1.165) is 0 Å². The number of anilines is 1. The van der Waals surface area contributed by atoms with E-state index in [-0.39, 0.29) is 4.90 Å². The molecule has 0 unspecified atom stereocenters. The second-order valence-corrected chi connectivity index (χ2v) is 9.05. The Morgan fingerprint density at radius 3 is 2.59 bits per heavy atom. The third-order valence-corrected chi connectivity index (χ3v) is 6.35. The number of sulfonamides is 1. The van der Waals surface area contributed by atoms with Crippen molar-refractivity contribution in [2.24, 2.45) is 7.05 Å². The van der Waals surface area contributed by atoms with E-state index in [1.807, 2.05) is 0 Å². The average Bonchev–Trinajstić information content (AvgIpc) is 3.43. The minimum Gasteiger partial charge on any atom is -0.439 e. The van der Waals surface area contributed by atoms with Crippen LogP contribution in [0.25, 0.3) is 16.9 Å². The van der Waals surface area contributed by atoms with E-state index in [2.05, 4.69) is 19.7 Å². The first-order valence-corrected chi connectivity index (χ1v) is 11.5. The van der Waals surface area contributed by atoms with Gasteiger partial charge in [-0.25, -0.2) is 23.2 Å². The molecule has 172 valence electrons. The molecule has 0 spiro atoms. The zero-order chi connectivity index (χ0) is 23.9. The number of benzene rings is 2. The number of nitrogens with zero attached hydrogens (tertiary/aromatic N) is 5. The van der Waals surface area contributed by atoms with Crippen LogP contribution < -0.4 is 15.2 Å². The second kappa shape index (κ2) is 8.15. The summed E-state index contributed by atoms with van der Waals surface area (Å²) in [4.78, 5) is 24.3. The van der Waals surface area contributed by atoms with Gasteiger partial charge in [0.2, 0.25) is 5.88 Å². The average molecular weight is 478 g/mol. The molecule has 0 bridgehead atoms. The molecule has 5 aromatic rings. The van der Waals surface area contributed by atoms with Crippen LogP contribution in [0, 0.1) is 6.92 Å². The first-order valence-electron chi connectivity index (χ1n) is 10.0. The number of aryl methyl sites for hydroxylation is 2. The van der Waals surface area contributed by atoms with Crippen molar-refractivity contribution < 1.29 is 17.6 Å². The molecule has 0 radical (unpaired) electrons. The van der Waals surface area contributed by atoms with Crippen LogP contribution >= 0.6 is 0 Å². The predicted molar refractivity (Wildman–Crippen MR) is 123 cm³/mol. The monoisotopic (exact) mass is 478 g/mol. The third kappa shape index (κ3) is 4.13. The summed E-state index contributed by atoms with van der Waals surface area (Å²) >= 11 is 0. The number of rotatable bonds is 6. The molecule has 1 N–H and O–H groups in total. The molecule has 2 aromatic carbocycles. The van der Waals surface area contributed by atoms with Crippen LogP contribution in [0.3, 0.4) is 0 Å². The summed E-state index contributed by atoms with van der Waals surface area (Å²) in [5.41, 5.74) is 1.03. The summed E-state index contributed by atoms with van der Waals surface area (Å²) in [6.07, 6.45) is 5.03. The Bertz CT molecular complexity index is 1650. The number of imidazole rings is 1. The van der Waals surface area contributed by atoms with Gasteiger partial charge in [0.15, 0.2) is 5.58 Å². The molecule has 0 fully saturated rings. The lowest BCUT2D eigenvalue weighted by Gasteiger charge is -2.10. The van der Waals surface area contributed by atoms with E-state index >= 15 is 0 Å². The number of hydrogen-bond acceptors (Lipinski definition) is 8. The SMILES string of the molecule is Cc1nc(Oc2ccc(NS(=O)(=O)c3ccc4oc(=O)n(C)c4c3)cc2)cc(-n2ccnc2)n1. The van der Waals surface area contributed by atoms with Gasteiger partial charge in [0.25, 0.3) is 10.0 Å². The van der Waals surface area contributed by atoms with Gasteiger partial charge in [-0.3, -0.25) is 13.9 Å². The van der Waals surface area contributed by atoms with Crippen molar-refractivity contribution in [1.29, 1.82) is 0 Å². The Labute approximate surface area is 193 Å². The molecule has 34 heavy (non-hydrogen) atoms. The van der Waals surface area contributed by atoms with E-state index in [0.29, 0.717) is 40.1 Å². The fourth-order valence-electron chi connectivity index (χ4n) is 3.30. The van der Waals surface area contributed by atoms with Gasteiger partial charge in [0.05, 0.1) is 10.4 Å². The molecule has 5 rings (SSSR count). The van der Waals surface area contributed by atoms with Gasteiger partial charge in [0.1, 0.15) is 23.7 Å². The molecule has 0 atom stereocenters. The lowest BCUT2D eigenvalue weighted by molar-refractivity contribution is 0.459. The van der Waals surface area contributed by atoms with Crippen molar-refractivity contribution in [2.45, 2.75) is 11.8 Å². The van der Waals surface area contributed by atoms with Crippen LogP contribution in [0.5, 0.6) is 11.6 Å². The maximum atomic E-state index is 12.8. The van der Waals surface area contributed by atoms with E-state index in [4.69, 9.17) is 9.15 Å². The van der Waals surface area contributed by atoms with Crippen LogP contribution in [-0.4, -0.2) is 32.5 Å². The van der Waals surface area contributed by atoms with Crippen molar-refractivity contribution in [2.75, 3.05) is 4.72 Å². The molecule has 0 saturated carbocycles. The number of nitrogens with one attached hydrogen (secondary N) is 1. The van der Waals surface area contributed by atoms with Crippen LogP contribution in [0.1, 0.15) is 5.82 Å². The molecular formula is C22H18N6O5S. The molecule has 0 aliphatic rings. The molecular weight excluding hydrogens is 460 g/mol. The highest BCUT2D eigenvalue weighted by molar-refractivity contribution is 7.92. The standard InChI is InChI=1S/C22H18N6O5S/c1-14-24-20(28-10-9-23-13-28)12-21(25-14)32-16-5-3-15(4-6-16)26-34(30,31)17-7-8-19-18(11-17)27(2)22(29)33-19/h3-13,26H,1-2H3. The maximum Gasteiger partial charge on any atom is 0.419 e. The fraction of sp³-hybridized carbons (Fsp3) is 0.0909. The van der Waals surface area contributed by atoms with Crippen molar-refractivity contribution in [3.05, 3.63) is 83.6 Å². The number of aromatic nitrogens is 5. The topological polar surface area (TPSA) is 134 Å². The maximum absolute atomic E-state index is 12.8. The molecule has 3 aromatic heterocycles. The number of oxazole rings is 1. The Kier molecular flexibility index (Phi) is 5.13. The van der Waals surface area contributed by atoms with Gasteiger partial charge < -0.3 is 9.15 Å². The van der Waals surface area contributed by atoms with Crippen LogP contribution in [0.4, 0.5) is 5.69 Å². The Hall–Kier alpha value is -4.45. The first-order chi connectivity index (χ1) is 16.3. The summed E-state index contributed by atoms with van der Waals surface area (Å²) < 4.78 is 42.1. The quantitative estimate of drug-likeness (QED) is 0.394. The normalized spacial score (nSPS) is 11.6. The van der Waals surface area contributed by atoms with E-state index in [1.54, 1.807) is 60.5 Å². The molecule has 0 amide bonds. The fourth-order valence-corrected chi connectivity index (χ4v) is 4.38. The molecule has 12 heteroatoms. The highest BCUT2D eigenvalue weighted by atomic mass is 32.2.